The van der Waals surface area contributed by atoms with Gasteiger partial charge >= 0.3 is 0 Å². The minimum absolute atomic E-state index is 0.407. The van der Waals surface area contributed by atoms with Crippen LogP contribution in [-0.4, -0.2) is 0 Å². The van der Waals surface area contributed by atoms with E-state index >= 15 is 0 Å². The van der Waals surface area contributed by atoms with Crippen molar-refractivity contribution in [1.29, 1.82) is 0 Å². The summed E-state index contributed by atoms with van der Waals surface area (Å²) in [6, 6.07) is 66.1. The number of para-hydroxylation sites is 1. The van der Waals surface area contributed by atoms with Gasteiger partial charge in [-0.3, -0.25) is 0 Å². The van der Waals surface area contributed by atoms with Gasteiger partial charge in [-0.25, -0.2) is 0 Å². The Morgan fingerprint density at radius 2 is 1.08 bits per heavy atom. The molecule has 0 atom stereocenters. The highest BCUT2D eigenvalue weighted by Crippen LogP contribution is 2.56. The Balaban J connectivity index is 1.19. The van der Waals surface area contributed by atoms with Gasteiger partial charge in [0.05, 0.1) is 11.1 Å². The minimum atomic E-state index is -0.407. The third-order valence-corrected chi connectivity index (χ3v) is 12.5. The first-order chi connectivity index (χ1) is 26.2. The molecule has 0 aliphatic heterocycles. The van der Waals surface area contributed by atoms with Crippen molar-refractivity contribution in [1.82, 2.24) is 0 Å². The fourth-order valence-electron chi connectivity index (χ4n) is 8.85. The van der Waals surface area contributed by atoms with Crippen molar-refractivity contribution in [3.05, 3.63) is 199 Å². The molecule has 1 aliphatic carbocycles. The van der Waals surface area contributed by atoms with Crippen LogP contribution in [-0.2, 0) is 5.41 Å². The third-order valence-electron chi connectivity index (χ3n) is 11.4. The van der Waals surface area contributed by atoms with E-state index in [2.05, 4.69) is 194 Å². The first kappa shape index (κ1) is 30.2. The Morgan fingerprint density at radius 3 is 1.85 bits per heavy atom. The molecule has 8 aromatic carbocycles. The van der Waals surface area contributed by atoms with E-state index in [1.54, 1.807) is 0 Å². The highest BCUT2D eigenvalue weighted by Gasteiger charge is 2.42. The van der Waals surface area contributed by atoms with Gasteiger partial charge in [0.15, 0.2) is 0 Å². The van der Waals surface area contributed by atoms with Gasteiger partial charge in [0, 0.05) is 47.9 Å². The van der Waals surface area contributed by atoms with Gasteiger partial charge in [0.25, 0.3) is 0 Å². The Labute approximate surface area is 311 Å². The van der Waals surface area contributed by atoms with Gasteiger partial charge in [-0.05, 0) is 82.8 Å². The second-order valence-corrected chi connectivity index (χ2v) is 15.3. The number of benzene rings is 8. The molecule has 250 valence electrons. The summed E-state index contributed by atoms with van der Waals surface area (Å²) in [5, 5.41) is 4.81. The van der Waals surface area contributed by atoms with Crippen molar-refractivity contribution >= 4 is 70.5 Å². The number of hydrogen-bond donors (Lipinski definition) is 0. The topological polar surface area (TPSA) is 16.4 Å². The number of fused-ring (bicyclic) bond motifs is 9. The highest BCUT2D eigenvalue weighted by atomic mass is 32.1. The van der Waals surface area contributed by atoms with Crippen LogP contribution in [0, 0.1) is 0 Å². The van der Waals surface area contributed by atoms with Gasteiger partial charge < -0.3 is 9.32 Å². The Bertz CT molecular complexity index is 2980. The second kappa shape index (κ2) is 11.5. The maximum Gasteiger partial charge on any atom is 0.141 e. The summed E-state index contributed by atoms with van der Waals surface area (Å²) < 4.78 is 9.59. The summed E-state index contributed by atoms with van der Waals surface area (Å²) in [7, 11) is 0. The van der Waals surface area contributed by atoms with Crippen LogP contribution in [0.3, 0.4) is 0 Å². The molecule has 2 aromatic heterocycles. The van der Waals surface area contributed by atoms with Gasteiger partial charge in [0.1, 0.15) is 11.2 Å². The van der Waals surface area contributed by atoms with E-state index < -0.39 is 5.41 Å². The molecule has 0 saturated heterocycles. The molecule has 11 rings (SSSR count). The zero-order chi connectivity index (χ0) is 35.1. The predicted molar refractivity (Wildman–Crippen MR) is 224 cm³/mol. The van der Waals surface area contributed by atoms with Crippen molar-refractivity contribution in [2.45, 2.75) is 12.3 Å². The lowest BCUT2D eigenvalue weighted by Gasteiger charge is -2.31. The maximum atomic E-state index is 7.02. The summed E-state index contributed by atoms with van der Waals surface area (Å²) in [4.78, 5) is 2.42. The molecule has 10 aromatic rings. The molecule has 0 N–H and O–H groups in total. The molecule has 0 radical (unpaired) electrons. The van der Waals surface area contributed by atoms with Crippen LogP contribution in [0.25, 0.3) is 64.4 Å². The zero-order valence-corrected chi connectivity index (χ0v) is 29.9. The van der Waals surface area contributed by atoms with Crippen LogP contribution in [0.1, 0.15) is 23.6 Å². The fraction of sp³-hybridized carbons (Fsp3) is 0.0400. The van der Waals surface area contributed by atoms with E-state index in [1.165, 1.54) is 59.1 Å². The molecule has 0 unspecified atom stereocenters. The average Bonchev–Trinajstić information content (AvgIpc) is 3.87. The molecule has 0 bridgehead atoms. The van der Waals surface area contributed by atoms with E-state index in [-0.39, 0.29) is 0 Å². The van der Waals surface area contributed by atoms with Gasteiger partial charge in [0.2, 0.25) is 0 Å². The molecule has 2 heterocycles. The van der Waals surface area contributed by atoms with Crippen LogP contribution in [0.4, 0.5) is 17.1 Å². The normalized spacial score (nSPS) is 13.2. The fourth-order valence-corrected chi connectivity index (χ4v) is 9.99. The number of hydrogen-bond acceptors (Lipinski definition) is 3. The van der Waals surface area contributed by atoms with E-state index in [0.717, 1.165) is 39.0 Å². The lowest BCUT2D eigenvalue weighted by atomic mass is 9.73. The standard InChI is InChI=1S/C50H33NOS/c1-50(41-19-9-5-15-36(41)37-16-6-10-20-42(37)50)43-29-30-44(48-40-18-7-11-21-45(40)52-49(43)48)51(34-25-23-33(24-26-34)32-13-3-2-4-14-32)35-27-28-39-38-17-8-12-22-46(38)53-47(39)31-35/h2-31H,1H3. The molecule has 0 fully saturated rings. The number of furan rings is 1. The van der Waals surface area contributed by atoms with Crippen molar-refractivity contribution in [3.8, 4) is 22.3 Å². The van der Waals surface area contributed by atoms with E-state index in [1.807, 2.05) is 11.3 Å². The molecule has 0 spiro atoms. The summed E-state index contributed by atoms with van der Waals surface area (Å²) in [5.74, 6) is 0. The van der Waals surface area contributed by atoms with E-state index in [4.69, 9.17) is 4.42 Å². The first-order valence-corrected chi connectivity index (χ1v) is 19.0. The van der Waals surface area contributed by atoms with Gasteiger partial charge in [-0.1, -0.05) is 140 Å². The molecular formula is C50H33NOS. The monoisotopic (exact) mass is 695 g/mol. The number of thiophene rings is 1. The van der Waals surface area contributed by atoms with Crippen molar-refractivity contribution < 1.29 is 4.42 Å². The average molecular weight is 696 g/mol. The van der Waals surface area contributed by atoms with Crippen LogP contribution >= 0.6 is 11.3 Å². The second-order valence-electron chi connectivity index (χ2n) is 14.2. The lowest BCUT2D eigenvalue weighted by Crippen LogP contribution is -2.23. The van der Waals surface area contributed by atoms with E-state index in [9.17, 15) is 0 Å². The summed E-state index contributed by atoms with van der Waals surface area (Å²) in [6.45, 7) is 2.37. The molecule has 2 nitrogen and oxygen atoms in total. The van der Waals surface area contributed by atoms with Crippen LogP contribution in [0.15, 0.2) is 186 Å². The molecule has 3 heteroatoms. The molecule has 0 amide bonds. The summed E-state index contributed by atoms with van der Waals surface area (Å²) >= 11 is 1.85. The Morgan fingerprint density at radius 1 is 0.472 bits per heavy atom. The van der Waals surface area contributed by atoms with Crippen LogP contribution in [0.5, 0.6) is 0 Å². The molecular weight excluding hydrogens is 663 g/mol. The first-order valence-electron chi connectivity index (χ1n) is 18.2. The minimum Gasteiger partial charge on any atom is -0.456 e. The van der Waals surface area contributed by atoms with Gasteiger partial charge in [-0.2, -0.15) is 0 Å². The highest BCUT2D eigenvalue weighted by molar-refractivity contribution is 7.25. The number of rotatable bonds is 5. The predicted octanol–water partition coefficient (Wildman–Crippen LogP) is 14.4. The van der Waals surface area contributed by atoms with Gasteiger partial charge in [-0.15, -0.1) is 11.3 Å². The Hall–Kier alpha value is -6.42. The lowest BCUT2D eigenvalue weighted by molar-refractivity contribution is 0.638. The number of nitrogens with zero attached hydrogens (tertiary/aromatic N) is 1. The smallest absolute Gasteiger partial charge is 0.141 e. The quantitative estimate of drug-likeness (QED) is 0.178. The van der Waals surface area contributed by atoms with E-state index in [0.29, 0.717) is 0 Å². The molecule has 0 saturated carbocycles. The largest absolute Gasteiger partial charge is 0.456 e. The Kier molecular flexibility index (Phi) is 6.58. The summed E-state index contributed by atoms with van der Waals surface area (Å²) in [6.07, 6.45) is 0. The van der Waals surface area contributed by atoms with Crippen molar-refractivity contribution in [2.75, 3.05) is 4.90 Å². The number of anilines is 3. The molecule has 1 aliphatic rings. The summed E-state index contributed by atoms with van der Waals surface area (Å²) in [5.41, 5.74) is 13.4. The molecule has 53 heavy (non-hydrogen) atoms. The van der Waals surface area contributed by atoms with Crippen molar-refractivity contribution in [2.24, 2.45) is 0 Å². The SMILES string of the molecule is CC1(c2ccc(N(c3ccc(-c4ccccc4)cc3)c3ccc4c(c3)sc3ccccc34)c3c2oc2ccccc23)c2ccccc2-c2ccccc21. The maximum absolute atomic E-state index is 7.02. The third kappa shape index (κ3) is 4.44. The van der Waals surface area contributed by atoms with Crippen LogP contribution < -0.4 is 4.90 Å². The zero-order valence-electron chi connectivity index (χ0n) is 29.1. The van der Waals surface area contributed by atoms with Crippen LogP contribution in [0.2, 0.25) is 0 Å². The van der Waals surface area contributed by atoms with Crippen molar-refractivity contribution in [3.63, 3.8) is 0 Å².